The summed E-state index contributed by atoms with van der Waals surface area (Å²) in [5.74, 6) is 0.710. The molecule has 0 aliphatic carbocycles. The predicted molar refractivity (Wildman–Crippen MR) is 85.0 cm³/mol. The molecule has 2 rings (SSSR count). The Bertz CT molecular complexity index is 311. The number of rotatable bonds is 2. The number of nitrogens with zero attached hydrogens (tertiary/aromatic N) is 1. The molecule has 3 heteroatoms. The van der Waals surface area contributed by atoms with Gasteiger partial charge in [-0.1, -0.05) is 34.6 Å². The van der Waals surface area contributed by atoms with Crippen molar-refractivity contribution in [2.24, 2.45) is 11.3 Å². The maximum atomic E-state index is 5.75. The molecular weight excluding hydrogens is 248 g/mol. The lowest BCUT2D eigenvalue weighted by molar-refractivity contribution is -0.0511. The van der Waals surface area contributed by atoms with Crippen LogP contribution < -0.4 is 5.32 Å². The Labute approximate surface area is 125 Å². The van der Waals surface area contributed by atoms with E-state index >= 15 is 0 Å². The predicted octanol–water partition coefficient (Wildman–Crippen LogP) is 2.90. The summed E-state index contributed by atoms with van der Waals surface area (Å²) in [7, 11) is 0. The first-order valence-electron chi connectivity index (χ1n) is 8.39. The minimum absolute atomic E-state index is 0.330. The summed E-state index contributed by atoms with van der Waals surface area (Å²) >= 11 is 0. The average Bonchev–Trinajstić information content (AvgIpc) is 2.37. The SMILES string of the molecule is CC1CC(N2CC(C(C)(C)C)NCC2C(C)C)CCO1. The first kappa shape index (κ1) is 16.3. The summed E-state index contributed by atoms with van der Waals surface area (Å²) in [6.45, 7) is 17.2. The molecule has 4 unspecified atom stereocenters. The molecule has 2 fully saturated rings. The molecule has 0 bridgehead atoms. The first-order chi connectivity index (χ1) is 9.29. The quantitative estimate of drug-likeness (QED) is 0.843. The van der Waals surface area contributed by atoms with Crippen LogP contribution in [-0.4, -0.2) is 48.8 Å². The number of nitrogens with one attached hydrogen (secondary N) is 1. The molecule has 20 heavy (non-hydrogen) atoms. The topological polar surface area (TPSA) is 24.5 Å². The zero-order valence-corrected chi connectivity index (χ0v) is 14.3. The lowest BCUT2D eigenvalue weighted by atomic mass is 9.82. The van der Waals surface area contributed by atoms with Gasteiger partial charge in [-0.15, -0.1) is 0 Å². The normalized spacial score (nSPS) is 37.4. The standard InChI is InChI=1S/C17H34N2O/c1-12(2)15-10-18-16(17(4,5)6)11-19(15)14-7-8-20-13(3)9-14/h12-16,18H,7-11H2,1-6H3. The highest BCUT2D eigenvalue weighted by Gasteiger charge is 2.39. The molecule has 0 spiro atoms. The average molecular weight is 282 g/mol. The summed E-state index contributed by atoms with van der Waals surface area (Å²) in [5, 5.41) is 3.80. The van der Waals surface area contributed by atoms with Crippen molar-refractivity contribution in [2.45, 2.75) is 78.6 Å². The largest absolute Gasteiger partial charge is 0.378 e. The van der Waals surface area contributed by atoms with Gasteiger partial charge < -0.3 is 10.1 Å². The third-order valence-electron chi connectivity index (χ3n) is 5.13. The monoisotopic (exact) mass is 282 g/mol. The molecule has 0 aromatic carbocycles. The summed E-state index contributed by atoms with van der Waals surface area (Å²) in [6.07, 6.45) is 2.81. The highest BCUT2D eigenvalue weighted by atomic mass is 16.5. The zero-order valence-electron chi connectivity index (χ0n) is 14.3. The number of ether oxygens (including phenoxy) is 1. The Kier molecular flexibility index (Phi) is 5.14. The van der Waals surface area contributed by atoms with Crippen LogP contribution in [0.15, 0.2) is 0 Å². The molecule has 4 atom stereocenters. The second-order valence-electron chi connectivity index (χ2n) is 8.19. The third kappa shape index (κ3) is 3.75. The van der Waals surface area contributed by atoms with Crippen LogP contribution in [0.5, 0.6) is 0 Å². The van der Waals surface area contributed by atoms with Crippen LogP contribution >= 0.6 is 0 Å². The number of hydrogen-bond donors (Lipinski definition) is 1. The maximum absolute atomic E-state index is 5.75. The van der Waals surface area contributed by atoms with Gasteiger partial charge in [-0.2, -0.15) is 0 Å². The van der Waals surface area contributed by atoms with Gasteiger partial charge in [0.15, 0.2) is 0 Å². The van der Waals surface area contributed by atoms with Gasteiger partial charge in [-0.25, -0.2) is 0 Å². The molecule has 1 N–H and O–H groups in total. The second-order valence-corrected chi connectivity index (χ2v) is 8.19. The third-order valence-corrected chi connectivity index (χ3v) is 5.13. The smallest absolute Gasteiger partial charge is 0.0561 e. The first-order valence-corrected chi connectivity index (χ1v) is 8.39. The molecule has 2 heterocycles. The fraction of sp³-hybridized carbons (Fsp3) is 1.00. The molecule has 3 nitrogen and oxygen atoms in total. The van der Waals surface area contributed by atoms with Gasteiger partial charge in [0.25, 0.3) is 0 Å². The highest BCUT2D eigenvalue weighted by Crippen LogP contribution is 2.30. The lowest BCUT2D eigenvalue weighted by Crippen LogP contribution is -2.64. The van der Waals surface area contributed by atoms with Crippen LogP contribution in [0.25, 0.3) is 0 Å². The molecule has 0 amide bonds. The minimum Gasteiger partial charge on any atom is -0.378 e. The van der Waals surface area contributed by atoms with Gasteiger partial charge in [-0.05, 0) is 31.1 Å². The molecule has 2 saturated heterocycles. The summed E-state index contributed by atoms with van der Waals surface area (Å²) < 4.78 is 5.75. The summed E-state index contributed by atoms with van der Waals surface area (Å²) in [5.41, 5.74) is 0.330. The Balaban J connectivity index is 2.10. The van der Waals surface area contributed by atoms with Crippen molar-refractivity contribution in [3.8, 4) is 0 Å². The van der Waals surface area contributed by atoms with E-state index in [9.17, 15) is 0 Å². The van der Waals surface area contributed by atoms with Crippen LogP contribution in [0.1, 0.15) is 54.4 Å². The van der Waals surface area contributed by atoms with E-state index in [-0.39, 0.29) is 0 Å². The molecule has 2 aliphatic heterocycles. The molecule has 2 aliphatic rings. The Morgan fingerprint density at radius 2 is 1.95 bits per heavy atom. The van der Waals surface area contributed by atoms with Gasteiger partial charge in [0, 0.05) is 37.8 Å². The molecule has 118 valence electrons. The van der Waals surface area contributed by atoms with Crippen LogP contribution in [0.2, 0.25) is 0 Å². The van der Waals surface area contributed by atoms with Crippen molar-refractivity contribution in [3.05, 3.63) is 0 Å². The highest BCUT2D eigenvalue weighted by molar-refractivity contribution is 4.96. The minimum atomic E-state index is 0.330. The van der Waals surface area contributed by atoms with Crippen molar-refractivity contribution in [1.82, 2.24) is 10.2 Å². The van der Waals surface area contributed by atoms with E-state index in [1.54, 1.807) is 0 Å². The second kappa shape index (κ2) is 6.33. The Hall–Kier alpha value is -0.120. The molecule has 0 saturated carbocycles. The van der Waals surface area contributed by atoms with Gasteiger partial charge >= 0.3 is 0 Å². The van der Waals surface area contributed by atoms with Gasteiger partial charge in [-0.3, -0.25) is 4.90 Å². The van der Waals surface area contributed by atoms with Crippen molar-refractivity contribution < 1.29 is 4.74 Å². The molecular formula is C17H34N2O. The van der Waals surface area contributed by atoms with Crippen LogP contribution in [0.3, 0.4) is 0 Å². The Morgan fingerprint density at radius 1 is 1.25 bits per heavy atom. The number of hydrogen-bond acceptors (Lipinski definition) is 3. The maximum Gasteiger partial charge on any atom is 0.0561 e. The lowest BCUT2D eigenvalue weighted by Gasteiger charge is -2.50. The van der Waals surface area contributed by atoms with Gasteiger partial charge in [0.2, 0.25) is 0 Å². The van der Waals surface area contributed by atoms with E-state index in [4.69, 9.17) is 4.74 Å². The molecule has 0 aromatic heterocycles. The van der Waals surface area contributed by atoms with Gasteiger partial charge in [0.1, 0.15) is 0 Å². The molecule has 0 radical (unpaired) electrons. The van der Waals surface area contributed by atoms with Crippen molar-refractivity contribution >= 4 is 0 Å². The fourth-order valence-corrected chi connectivity index (χ4v) is 3.69. The van der Waals surface area contributed by atoms with Crippen LogP contribution in [0.4, 0.5) is 0 Å². The Morgan fingerprint density at radius 3 is 2.50 bits per heavy atom. The van der Waals surface area contributed by atoms with E-state index in [1.165, 1.54) is 19.4 Å². The van der Waals surface area contributed by atoms with Crippen LogP contribution in [-0.2, 0) is 4.74 Å². The van der Waals surface area contributed by atoms with E-state index in [0.717, 1.165) is 13.2 Å². The van der Waals surface area contributed by atoms with Crippen molar-refractivity contribution in [2.75, 3.05) is 19.7 Å². The summed E-state index contributed by atoms with van der Waals surface area (Å²) in [6, 6.07) is 1.97. The van der Waals surface area contributed by atoms with Gasteiger partial charge in [0.05, 0.1) is 6.10 Å². The fourth-order valence-electron chi connectivity index (χ4n) is 3.69. The van der Waals surface area contributed by atoms with E-state index in [2.05, 4.69) is 51.8 Å². The number of piperazine rings is 1. The summed E-state index contributed by atoms with van der Waals surface area (Å²) in [4.78, 5) is 2.80. The van der Waals surface area contributed by atoms with E-state index < -0.39 is 0 Å². The van der Waals surface area contributed by atoms with E-state index in [1.807, 2.05) is 0 Å². The van der Waals surface area contributed by atoms with E-state index in [0.29, 0.717) is 35.6 Å². The molecule has 0 aromatic rings. The van der Waals surface area contributed by atoms with Crippen molar-refractivity contribution in [1.29, 1.82) is 0 Å². The van der Waals surface area contributed by atoms with Crippen LogP contribution in [0, 0.1) is 11.3 Å². The van der Waals surface area contributed by atoms with Crippen molar-refractivity contribution in [3.63, 3.8) is 0 Å². The zero-order chi connectivity index (χ0) is 14.9.